The highest BCUT2D eigenvalue weighted by molar-refractivity contribution is 7.99. The number of aromatic amines is 1. The van der Waals surface area contributed by atoms with Gasteiger partial charge in [0.1, 0.15) is 5.82 Å². The van der Waals surface area contributed by atoms with Gasteiger partial charge in [0.2, 0.25) is 0 Å². The van der Waals surface area contributed by atoms with Crippen LogP contribution in [0.2, 0.25) is 0 Å². The molecule has 3 nitrogen and oxygen atoms in total. The van der Waals surface area contributed by atoms with E-state index in [0.717, 1.165) is 22.8 Å². The highest BCUT2D eigenvalue weighted by Crippen LogP contribution is 2.22. The smallest absolute Gasteiger partial charge is 0.108 e. The topological polar surface area (TPSA) is 48.9 Å². The Morgan fingerprint density at radius 1 is 1.29 bits per heavy atom. The van der Waals surface area contributed by atoms with Gasteiger partial charge in [0.05, 0.1) is 18.5 Å². The molecule has 0 saturated carbocycles. The van der Waals surface area contributed by atoms with E-state index in [-0.39, 0.29) is 6.61 Å². The monoisotopic (exact) mass is 248 g/mol. The number of aromatic nitrogens is 2. The molecule has 17 heavy (non-hydrogen) atoms. The molecule has 0 aliphatic rings. The second kappa shape index (κ2) is 5.89. The van der Waals surface area contributed by atoms with Crippen molar-refractivity contribution in [1.29, 1.82) is 0 Å². The zero-order valence-corrected chi connectivity index (χ0v) is 10.6. The van der Waals surface area contributed by atoms with E-state index in [4.69, 9.17) is 5.11 Å². The molecule has 0 radical (unpaired) electrons. The number of nitrogens with one attached hydrogen (secondary N) is 1. The van der Waals surface area contributed by atoms with Crippen LogP contribution < -0.4 is 0 Å². The second-order valence-electron chi connectivity index (χ2n) is 3.67. The number of nitrogens with zero attached hydrogens (tertiary/aromatic N) is 1. The van der Waals surface area contributed by atoms with Crippen molar-refractivity contribution in [3.05, 3.63) is 36.3 Å². The summed E-state index contributed by atoms with van der Waals surface area (Å²) in [4.78, 5) is 8.71. The van der Waals surface area contributed by atoms with Gasteiger partial charge in [-0.05, 0) is 23.4 Å². The Bertz CT molecular complexity index is 465. The molecular weight excluding hydrogens is 232 g/mol. The maximum absolute atomic E-state index is 8.83. The summed E-state index contributed by atoms with van der Waals surface area (Å²) in [6.45, 7) is 2.27. The highest BCUT2D eigenvalue weighted by atomic mass is 32.2. The third-order valence-electron chi connectivity index (χ3n) is 2.45. The SMILES string of the molecule is CCSc1ccc(-c2cnc(CCO)[nH]2)cc1. The Morgan fingerprint density at radius 2 is 2.06 bits per heavy atom. The van der Waals surface area contributed by atoms with Crippen LogP contribution >= 0.6 is 11.8 Å². The van der Waals surface area contributed by atoms with Crippen molar-refractivity contribution in [1.82, 2.24) is 9.97 Å². The quantitative estimate of drug-likeness (QED) is 0.800. The van der Waals surface area contributed by atoms with E-state index in [1.165, 1.54) is 4.90 Å². The van der Waals surface area contributed by atoms with Crippen molar-refractivity contribution in [3.8, 4) is 11.3 Å². The Hall–Kier alpha value is -1.26. The number of thioether (sulfide) groups is 1. The van der Waals surface area contributed by atoms with Crippen molar-refractivity contribution in [2.24, 2.45) is 0 Å². The van der Waals surface area contributed by atoms with Gasteiger partial charge < -0.3 is 10.1 Å². The molecule has 1 aromatic carbocycles. The number of hydrogen-bond acceptors (Lipinski definition) is 3. The molecule has 0 aliphatic heterocycles. The van der Waals surface area contributed by atoms with Gasteiger partial charge in [-0.2, -0.15) is 0 Å². The van der Waals surface area contributed by atoms with Gasteiger partial charge in [-0.25, -0.2) is 4.98 Å². The fourth-order valence-corrected chi connectivity index (χ4v) is 2.30. The maximum atomic E-state index is 8.83. The first kappa shape index (κ1) is 12.2. The minimum Gasteiger partial charge on any atom is -0.396 e. The van der Waals surface area contributed by atoms with Gasteiger partial charge in [-0.15, -0.1) is 11.8 Å². The zero-order valence-electron chi connectivity index (χ0n) is 9.81. The Balaban J connectivity index is 2.15. The predicted octanol–water partition coefficient (Wildman–Crippen LogP) is 2.72. The normalized spacial score (nSPS) is 10.7. The molecule has 2 aromatic rings. The number of H-pyrrole nitrogens is 1. The van der Waals surface area contributed by atoms with E-state index in [1.54, 1.807) is 0 Å². The summed E-state index contributed by atoms with van der Waals surface area (Å²) in [6.07, 6.45) is 2.39. The highest BCUT2D eigenvalue weighted by Gasteiger charge is 2.02. The summed E-state index contributed by atoms with van der Waals surface area (Å²) >= 11 is 1.83. The second-order valence-corrected chi connectivity index (χ2v) is 5.01. The van der Waals surface area contributed by atoms with Crippen molar-refractivity contribution in [3.63, 3.8) is 0 Å². The van der Waals surface area contributed by atoms with Gasteiger partial charge in [-0.1, -0.05) is 19.1 Å². The van der Waals surface area contributed by atoms with Crippen LogP contribution in [0.25, 0.3) is 11.3 Å². The van der Waals surface area contributed by atoms with Crippen LogP contribution in [0.4, 0.5) is 0 Å². The van der Waals surface area contributed by atoms with E-state index in [2.05, 4.69) is 41.2 Å². The van der Waals surface area contributed by atoms with Crippen LogP contribution in [0.3, 0.4) is 0 Å². The van der Waals surface area contributed by atoms with Crippen LogP contribution in [0.15, 0.2) is 35.4 Å². The number of aliphatic hydroxyl groups is 1. The lowest BCUT2D eigenvalue weighted by atomic mass is 10.2. The molecule has 1 heterocycles. The first-order chi connectivity index (χ1) is 8.33. The van der Waals surface area contributed by atoms with Gasteiger partial charge in [0, 0.05) is 11.3 Å². The molecule has 0 aliphatic carbocycles. The molecule has 2 rings (SSSR count). The van der Waals surface area contributed by atoms with E-state index in [9.17, 15) is 0 Å². The van der Waals surface area contributed by atoms with Crippen LogP contribution in [-0.4, -0.2) is 27.4 Å². The number of benzene rings is 1. The summed E-state index contributed by atoms with van der Waals surface area (Å²) in [5.41, 5.74) is 2.13. The number of imidazole rings is 1. The minimum absolute atomic E-state index is 0.124. The van der Waals surface area contributed by atoms with Crippen molar-refractivity contribution in [2.45, 2.75) is 18.2 Å². The summed E-state index contributed by atoms with van der Waals surface area (Å²) in [7, 11) is 0. The molecular formula is C13H16N2OS. The summed E-state index contributed by atoms with van der Waals surface area (Å²) in [6, 6.07) is 8.43. The third-order valence-corrected chi connectivity index (χ3v) is 3.35. The van der Waals surface area contributed by atoms with Crippen LogP contribution in [0.1, 0.15) is 12.7 Å². The molecule has 90 valence electrons. The van der Waals surface area contributed by atoms with Gasteiger partial charge in [0.15, 0.2) is 0 Å². The van der Waals surface area contributed by atoms with E-state index in [1.807, 2.05) is 18.0 Å². The largest absolute Gasteiger partial charge is 0.396 e. The molecule has 1 aromatic heterocycles. The number of hydrogen-bond donors (Lipinski definition) is 2. The maximum Gasteiger partial charge on any atom is 0.108 e. The van der Waals surface area contributed by atoms with E-state index < -0.39 is 0 Å². The standard InChI is InChI=1S/C13H16N2OS/c1-2-17-11-5-3-10(4-6-11)12-9-14-13(15-12)7-8-16/h3-6,9,16H,2,7-8H2,1H3,(H,14,15). The van der Waals surface area contributed by atoms with Crippen LogP contribution in [-0.2, 0) is 6.42 Å². The summed E-state index contributed by atoms with van der Waals surface area (Å²) in [5, 5.41) is 8.83. The lowest BCUT2D eigenvalue weighted by Crippen LogP contribution is -1.92. The first-order valence-electron chi connectivity index (χ1n) is 5.71. The Labute approximate surface area is 105 Å². The molecule has 0 bridgehead atoms. The van der Waals surface area contributed by atoms with Crippen LogP contribution in [0, 0.1) is 0 Å². The zero-order chi connectivity index (χ0) is 12.1. The number of rotatable bonds is 5. The van der Waals surface area contributed by atoms with Crippen molar-refractivity contribution in [2.75, 3.05) is 12.4 Å². The van der Waals surface area contributed by atoms with Crippen LogP contribution in [0.5, 0.6) is 0 Å². The molecule has 0 fully saturated rings. The minimum atomic E-state index is 0.124. The fraction of sp³-hybridized carbons (Fsp3) is 0.308. The van der Waals surface area contributed by atoms with Crippen molar-refractivity contribution < 1.29 is 5.11 Å². The molecule has 0 spiro atoms. The van der Waals surface area contributed by atoms with Crippen molar-refractivity contribution >= 4 is 11.8 Å². The van der Waals surface area contributed by atoms with Gasteiger partial charge >= 0.3 is 0 Å². The van der Waals surface area contributed by atoms with E-state index >= 15 is 0 Å². The Morgan fingerprint density at radius 3 is 2.71 bits per heavy atom. The fourth-order valence-electron chi connectivity index (χ4n) is 1.64. The molecule has 2 N–H and O–H groups in total. The average molecular weight is 248 g/mol. The van der Waals surface area contributed by atoms with Gasteiger partial charge in [-0.3, -0.25) is 0 Å². The third kappa shape index (κ3) is 3.11. The average Bonchev–Trinajstić information content (AvgIpc) is 2.80. The predicted molar refractivity (Wildman–Crippen MR) is 71.2 cm³/mol. The lowest BCUT2D eigenvalue weighted by molar-refractivity contribution is 0.297. The molecule has 4 heteroatoms. The molecule has 0 amide bonds. The summed E-state index contributed by atoms with van der Waals surface area (Å²) < 4.78 is 0. The summed E-state index contributed by atoms with van der Waals surface area (Å²) in [5.74, 6) is 1.92. The number of aliphatic hydroxyl groups excluding tert-OH is 1. The van der Waals surface area contributed by atoms with Gasteiger partial charge in [0.25, 0.3) is 0 Å². The Kier molecular flexibility index (Phi) is 4.23. The molecule has 0 unspecified atom stereocenters. The lowest BCUT2D eigenvalue weighted by Gasteiger charge is -2.00. The molecule has 0 saturated heterocycles. The first-order valence-corrected chi connectivity index (χ1v) is 6.70. The van der Waals surface area contributed by atoms with E-state index in [0.29, 0.717) is 6.42 Å². The molecule has 0 atom stereocenters.